The zero-order valence-electron chi connectivity index (χ0n) is 18.2. The summed E-state index contributed by atoms with van der Waals surface area (Å²) in [4.78, 5) is 39.7. The van der Waals surface area contributed by atoms with Crippen molar-refractivity contribution < 1.29 is 23.9 Å². The predicted molar refractivity (Wildman–Crippen MR) is 114 cm³/mol. The Balaban J connectivity index is 1.43. The topological polar surface area (TPSA) is 97.0 Å². The standard InChI is InChI=1S/C23H31N3O5/c1-15-5-6-19-18(12-15)22(29)25-14-23(31-19)8-7-20(27)26(10-9-23)16(2)21(28)24-13-17-4-3-11-30-17/h5-6,12,16-17H,3-4,7-11,13-14H2,1-2H3,(H,24,28)(H,25,29). The molecule has 1 spiro atoms. The van der Waals surface area contributed by atoms with Gasteiger partial charge in [0, 0.05) is 32.5 Å². The predicted octanol–water partition coefficient (Wildman–Crippen LogP) is 1.55. The molecule has 1 aromatic carbocycles. The number of fused-ring (bicyclic) bond motifs is 1. The lowest BCUT2D eigenvalue weighted by Gasteiger charge is -2.32. The second-order valence-electron chi connectivity index (χ2n) is 8.86. The van der Waals surface area contributed by atoms with E-state index >= 15 is 0 Å². The zero-order valence-corrected chi connectivity index (χ0v) is 18.2. The fourth-order valence-corrected chi connectivity index (χ4v) is 4.57. The molecule has 168 valence electrons. The Morgan fingerprint density at radius 3 is 2.97 bits per heavy atom. The van der Waals surface area contributed by atoms with E-state index in [9.17, 15) is 14.4 Å². The SMILES string of the molecule is Cc1ccc2c(c1)C(=O)NCC1(CCC(=O)N(C(C)C(=O)NCC3CCCO3)CC1)O2. The highest BCUT2D eigenvalue weighted by molar-refractivity contribution is 5.97. The van der Waals surface area contributed by atoms with Crippen LogP contribution < -0.4 is 15.4 Å². The average molecular weight is 430 g/mol. The van der Waals surface area contributed by atoms with Crippen molar-refractivity contribution in [2.24, 2.45) is 0 Å². The molecule has 1 aromatic rings. The lowest BCUT2D eigenvalue weighted by Crippen LogP contribution is -2.50. The molecule has 3 amide bonds. The van der Waals surface area contributed by atoms with Crippen molar-refractivity contribution in [3.05, 3.63) is 29.3 Å². The van der Waals surface area contributed by atoms with Gasteiger partial charge in [0.15, 0.2) is 0 Å². The number of carbonyl (C=O) groups excluding carboxylic acids is 3. The highest BCUT2D eigenvalue weighted by Gasteiger charge is 2.41. The summed E-state index contributed by atoms with van der Waals surface area (Å²) >= 11 is 0. The number of benzene rings is 1. The van der Waals surface area contributed by atoms with Crippen LogP contribution in [0.25, 0.3) is 0 Å². The molecule has 2 saturated heterocycles. The first-order valence-electron chi connectivity index (χ1n) is 11.1. The number of aryl methyl sites for hydroxylation is 1. The third-order valence-electron chi connectivity index (χ3n) is 6.58. The van der Waals surface area contributed by atoms with E-state index in [4.69, 9.17) is 9.47 Å². The number of carbonyl (C=O) groups is 3. The van der Waals surface area contributed by atoms with E-state index in [0.717, 1.165) is 25.0 Å². The van der Waals surface area contributed by atoms with Crippen molar-refractivity contribution in [2.45, 2.75) is 63.7 Å². The third kappa shape index (κ3) is 4.69. The molecule has 0 aromatic heterocycles. The molecule has 8 heteroatoms. The maximum atomic E-state index is 12.9. The van der Waals surface area contributed by atoms with E-state index in [0.29, 0.717) is 43.8 Å². The summed E-state index contributed by atoms with van der Waals surface area (Å²) in [5.74, 6) is 0.143. The van der Waals surface area contributed by atoms with E-state index in [1.54, 1.807) is 11.8 Å². The Kier molecular flexibility index (Phi) is 6.18. The summed E-state index contributed by atoms with van der Waals surface area (Å²) in [7, 11) is 0. The van der Waals surface area contributed by atoms with Crippen LogP contribution in [0.15, 0.2) is 18.2 Å². The van der Waals surface area contributed by atoms with Gasteiger partial charge >= 0.3 is 0 Å². The number of nitrogens with one attached hydrogen (secondary N) is 2. The fourth-order valence-electron chi connectivity index (χ4n) is 4.57. The van der Waals surface area contributed by atoms with Crippen LogP contribution in [0, 0.1) is 6.92 Å². The summed E-state index contributed by atoms with van der Waals surface area (Å²) in [6.07, 6.45) is 3.31. The van der Waals surface area contributed by atoms with Gasteiger partial charge < -0.3 is 25.0 Å². The van der Waals surface area contributed by atoms with E-state index < -0.39 is 11.6 Å². The first-order valence-corrected chi connectivity index (χ1v) is 11.1. The fraction of sp³-hybridized carbons (Fsp3) is 0.609. The van der Waals surface area contributed by atoms with Crippen LogP contribution in [0.3, 0.4) is 0 Å². The molecule has 3 aliphatic heterocycles. The van der Waals surface area contributed by atoms with Crippen LogP contribution in [-0.4, -0.2) is 66.6 Å². The second kappa shape index (κ2) is 8.86. The molecule has 3 atom stereocenters. The normalized spacial score (nSPS) is 27.0. The van der Waals surface area contributed by atoms with Gasteiger partial charge in [0.2, 0.25) is 11.8 Å². The van der Waals surface area contributed by atoms with Crippen LogP contribution in [-0.2, 0) is 14.3 Å². The van der Waals surface area contributed by atoms with Gasteiger partial charge in [-0.25, -0.2) is 0 Å². The van der Waals surface area contributed by atoms with E-state index in [1.165, 1.54) is 0 Å². The Labute approximate surface area is 182 Å². The number of hydrogen-bond acceptors (Lipinski definition) is 5. The van der Waals surface area contributed by atoms with Crippen molar-refractivity contribution in [1.82, 2.24) is 15.5 Å². The maximum Gasteiger partial charge on any atom is 0.255 e. The van der Waals surface area contributed by atoms with Crippen molar-refractivity contribution in [1.29, 1.82) is 0 Å². The van der Waals surface area contributed by atoms with Crippen LogP contribution in [0.1, 0.15) is 54.9 Å². The summed E-state index contributed by atoms with van der Waals surface area (Å²) in [6, 6.07) is 4.99. The van der Waals surface area contributed by atoms with Gasteiger partial charge in [-0.05, 0) is 45.2 Å². The summed E-state index contributed by atoms with van der Waals surface area (Å²) in [5, 5.41) is 5.88. The molecular formula is C23H31N3O5. The Bertz CT molecular complexity index is 867. The molecule has 8 nitrogen and oxygen atoms in total. The second-order valence-corrected chi connectivity index (χ2v) is 8.86. The lowest BCUT2D eigenvalue weighted by atomic mass is 9.94. The van der Waals surface area contributed by atoms with Crippen LogP contribution >= 0.6 is 0 Å². The zero-order chi connectivity index (χ0) is 22.0. The van der Waals surface area contributed by atoms with Gasteiger partial charge in [-0.15, -0.1) is 0 Å². The Morgan fingerprint density at radius 1 is 1.35 bits per heavy atom. The van der Waals surface area contributed by atoms with Gasteiger partial charge in [-0.1, -0.05) is 11.6 Å². The van der Waals surface area contributed by atoms with Crippen molar-refractivity contribution in [2.75, 3.05) is 26.2 Å². The number of amides is 3. The van der Waals surface area contributed by atoms with Gasteiger partial charge in [0.1, 0.15) is 17.4 Å². The number of nitrogens with zero attached hydrogens (tertiary/aromatic N) is 1. The molecule has 0 aliphatic carbocycles. The quantitative estimate of drug-likeness (QED) is 0.757. The monoisotopic (exact) mass is 429 g/mol. The smallest absolute Gasteiger partial charge is 0.255 e. The number of likely N-dealkylation sites (tertiary alicyclic amines) is 1. The molecular weight excluding hydrogens is 398 g/mol. The number of ether oxygens (including phenoxy) is 2. The molecule has 0 saturated carbocycles. The van der Waals surface area contributed by atoms with Gasteiger partial charge in [0.25, 0.3) is 5.91 Å². The van der Waals surface area contributed by atoms with Crippen molar-refractivity contribution in [3.63, 3.8) is 0 Å². The van der Waals surface area contributed by atoms with Crippen molar-refractivity contribution >= 4 is 17.7 Å². The van der Waals surface area contributed by atoms with Crippen molar-refractivity contribution in [3.8, 4) is 5.75 Å². The van der Waals surface area contributed by atoms with Gasteiger partial charge in [0.05, 0.1) is 18.2 Å². The average Bonchev–Trinajstić information content (AvgIpc) is 3.18. The van der Waals surface area contributed by atoms with Crippen LogP contribution in [0.2, 0.25) is 0 Å². The first-order chi connectivity index (χ1) is 14.9. The van der Waals surface area contributed by atoms with Gasteiger partial charge in [-0.3, -0.25) is 14.4 Å². The minimum absolute atomic E-state index is 0.0611. The van der Waals surface area contributed by atoms with Crippen LogP contribution in [0.4, 0.5) is 0 Å². The van der Waals surface area contributed by atoms with Crippen LogP contribution in [0.5, 0.6) is 5.75 Å². The van der Waals surface area contributed by atoms with E-state index in [1.807, 2.05) is 25.1 Å². The maximum absolute atomic E-state index is 12.9. The summed E-state index contributed by atoms with van der Waals surface area (Å²) < 4.78 is 11.9. The largest absolute Gasteiger partial charge is 0.485 e. The minimum Gasteiger partial charge on any atom is -0.485 e. The molecule has 3 aliphatic rings. The molecule has 31 heavy (non-hydrogen) atoms. The molecule has 0 radical (unpaired) electrons. The Morgan fingerprint density at radius 2 is 2.19 bits per heavy atom. The molecule has 0 bridgehead atoms. The highest BCUT2D eigenvalue weighted by Crippen LogP contribution is 2.34. The molecule has 2 N–H and O–H groups in total. The van der Waals surface area contributed by atoms with E-state index in [-0.39, 0.29) is 30.2 Å². The molecule has 3 heterocycles. The number of hydrogen-bond donors (Lipinski definition) is 2. The first kappa shape index (κ1) is 21.6. The lowest BCUT2D eigenvalue weighted by molar-refractivity contribution is -0.139. The minimum atomic E-state index is -0.672. The summed E-state index contributed by atoms with van der Waals surface area (Å²) in [6.45, 7) is 5.63. The number of rotatable bonds is 4. The van der Waals surface area contributed by atoms with Gasteiger partial charge in [-0.2, -0.15) is 0 Å². The molecule has 3 unspecified atom stereocenters. The van der Waals surface area contributed by atoms with E-state index in [2.05, 4.69) is 10.6 Å². The molecule has 2 fully saturated rings. The third-order valence-corrected chi connectivity index (χ3v) is 6.58. The summed E-state index contributed by atoms with van der Waals surface area (Å²) in [5.41, 5.74) is 0.832. The molecule has 4 rings (SSSR count). The Hall–Kier alpha value is -2.61. The highest BCUT2D eigenvalue weighted by atomic mass is 16.5.